The zero-order chi connectivity index (χ0) is 18.9. The van der Waals surface area contributed by atoms with Crippen LogP contribution in [0.4, 0.5) is 4.39 Å². The number of para-hydroxylation sites is 1. The monoisotopic (exact) mass is 361 g/mol. The van der Waals surface area contributed by atoms with Crippen LogP contribution in [0.2, 0.25) is 0 Å². The quantitative estimate of drug-likeness (QED) is 0.716. The van der Waals surface area contributed by atoms with E-state index in [1.807, 2.05) is 25.1 Å². The van der Waals surface area contributed by atoms with Gasteiger partial charge in [-0.25, -0.2) is 9.18 Å². The molecule has 0 aliphatic carbocycles. The van der Waals surface area contributed by atoms with E-state index in [1.54, 1.807) is 6.07 Å². The highest BCUT2D eigenvalue weighted by atomic mass is 19.1. The maximum Gasteiger partial charge on any atom is 0.346 e. The van der Waals surface area contributed by atoms with Crippen molar-refractivity contribution in [3.05, 3.63) is 59.9 Å². The maximum atomic E-state index is 12.9. The van der Waals surface area contributed by atoms with Crippen LogP contribution in [-0.2, 0) is 16.0 Å². The first-order valence-electron chi connectivity index (χ1n) is 8.12. The molecule has 0 aromatic heterocycles. The molecule has 0 saturated carbocycles. The molecule has 1 amide bonds. The Morgan fingerprint density at radius 1 is 1.15 bits per heavy atom. The largest absolute Gasteiger partial charge is 0.483 e. The number of carboxylic acids is 1. The summed E-state index contributed by atoms with van der Waals surface area (Å²) in [5.41, 5.74) is 0.975. The van der Waals surface area contributed by atoms with Crippen molar-refractivity contribution in [3.8, 4) is 11.5 Å². The van der Waals surface area contributed by atoms with Gasteiger partial charge in [0.15, 0.2) is 6.61 Å². The van der Waals surface area contributed by atoms with Crippen LogP contribution < -0.4 is 14.8 Å². The van der Waals surface area contributed by atoms with Gasteiger partial charge in [-0.2, -0.15) is 0 Å². The van der Waals surface area contributed by atoms with Crippen LogP contribution in [0.5, 0.6) is 11.5 Å². The molecule has 0 radical (unpaired) electrons. The number of aliphatic carboxylic acids is 1. The number of hydrogen-bond donors (Lipinski definition) is 2. The first-order valence-corrected chi connectivity index (χ1v) is 8.12. The van der Waals surface area contributed by atoms with E-state index in [1.165, 1.54) is 12.1 Å². The van der Waals surface area contributed by atoms with E-state index in [2.05, 4.69) is 5.32 Å². The average molecular weight is 361 g/mol. The summed E-state index contributed by atoms with van der Waals surface area (Å²) in [6, 6.07) is 12.3. The molecule has 1 unspecified atom stereocenters. The maximum absolute atomic E-state index is 12.9. The van der Waals surface area contributed by atoms with Gasteiger partial charge in [-0.1, -0.05) is 25.1 Å². The first kappa shape index (κ1) is 19.2. The number of ether oxygens (including phenoxy) is 2. The van der Waals surface area contributed by atoms with Gasteiger partial charge >= 0.3 is 5.97 Å². The van der Waals surface area contributed by atoms with Gasteiger partial charge in [0.25, 0.3) is 5.91 Å². The van der Waals surface area contributed by atoms with Gasteiger partial charge in [0.2, 0.25) is 6.10 Å². The van der Waals surface area contributed by atoms with Crippen molar-refractivity contribution in [1.29, 1.82) is 0 Å². The van der Waals surface area contributed by atoms with E-state index >= 15 is 0 Å². The highest BCUT2D eigenvalue weighted by Gasteiger charge is 2.20. The minimum atomic E-state index is -1.30. The standard InChI is InChI=1S/C19H20FNO5/c1-2-13-5-3-4-6-16(13)25-12-18(22)21-11-17(19(23)24)26-15-9-7-14(20)8-10-15/h3-10,17H,2,11-12H2,1H3,(H,21,22)(H,23,24). The fraction of sp³-hybridized carbons (Fsp3) is 0.263. The molecule has 7 heteroatoms. The molecule has 0 spiro atoms. The lowest BCUT2D eigenvalue weighted by Crippen LogP contribution is -2.41. The van der Waals surface area contributed by atoms with Gasteiger partial charge in [0.05, 0.1) is 6.54 Å². The summed E-state index contributed by atoms with van der Waals surface area (Å²) in [4.78, 5) is 23.2. The molecule has 0 fully saturated rings. The fourth-order valence-corrected chi connectivity index (χ4v) is 2.19. The molecular weight excluding hydrogens is 341 g/mol. The van der Waals surface area contributed by atoms with Gasteiger partial charge in [-0.3, -0.25) is 4.79 Å². The normalized spacial score (nSPS) is 11.5. The van der Waals surface area contributed by atoms with Crippen molar-refractivity contribution in [1.82, 2.24) is 5.32 Å². The Balaban J connectivity index is 1.85. The van der Waals surface area contributed by atoms with Crippen molar-refractivity contribution in [2.45, 2.75) is 19.4 Å². The SMILES string of the molecule is CCc1ccccc1OCC(=O)NCC(Oc1ccc(F)cc1)C(=O)O. The van der Waals surface area contributed by atoms with Gasteiger partial charge in [-0.15, -0.1) is 0 Å². The van der Waals surface area contributed by atoms with Crippen LogP contribution in [-0.4, -0.2) is 36.2 Å². The average Bonchev–Trinajstić information content (AvgIpc) is 2.64. The molecule has 0 saturated heterocycles. The molecule has 0 aliphatic heterocycles. The molecule has 138 valence electrons. The second kappa shape index (κ2) is 9.41. The topological polar surface area (TPSA) is 84.9 Å². The molecule has 0 heterocycles. The first-order chi connectivity index (χ1) is 12.5. The number of rotatable bonds is 9. The fourth-order valence-electron chi connectivity index (χ4n) is 2.19. The molecule has 2 aromatic carbocycles. The van der Waals surface area contributed by atoms with Crippen molar-refractivity contribution >= 4 is 11.9 Å². The highest BCUT2D eigenvalue weighted by molar-refractivity contribution is 5.79. The molecule has 2 N–H and O–H groups in total. The Hall–Kier alpha value is -3.09. The van der Waals surface area contributed by atoms with Crippen LogP contribution in [0.15, 0.2) is 48.5 Å². The number of carboxylic acid groups (broad SMARTS) is 1. The summed E-state index contributed by atoms with van der Waals surface area (Å²) in [6.45, 7) is 1.50. The van der Waals surface area contributed by atoms with Crippen molar-refractivity contribution in [2.75, 3.05) is 13.2 Å². The third kappa shape index (κ3) is 5.77. The van der Waals surface area contributed by atoms with Crippen LogP contribution in [0.3, 0.4) is 0 Å². The number of halogens is 1. The zero-order valence-electron chi connectivity index (χ0n) is 14.3. The van der Waals surface area contributed by atoms with E-state index in [0.29, 0.717) is 5.75 Å². The van der Waals surface area contributed by atoms with E-state index in [0.717, 1.165) is 24.1 Å². The van der Waals surface area contributed by atoms with Crippen LogP contribution in [0, 0.1) is 5.82 Å². The number of amides is 1. The van der Waals surface area contributed by atoms with Crippen LogP contribution in [0.25, 0.3) is 0 Å². The number of carbonyl (C=O) groups excluding carboxylic acids is 1. The van der Waals surface area contributed by atoms with Crippen molar-refractivity contribution < 1.29 is 28.6 Å². The third-order valence-corrected chi connectivity index (χ3v) is 3.56. The van der Waals surface area contributed by atoms with Crippen molar-refractivity contribution in [3.63, 3.8) is 0 Å². The highest BCUT2D eigenvalue weighted by Crippen LogP contribution is 2.18. The van der Waals surface area contributed by atoms with Gasteiger partial charge in [-0.05, 0) is 42.3 Å². The third-order valence-electron chi connectivity index (χ3n) is 3.56. The molecule has 6 nitrogen and oxygen atoms in total. The molecule has 0 aliphatic rings. The minimum absolute atomic E-state index is 0.196. The van der Waals surface area contributed by atoms with E-state index in [4.69, 9.17) is 9.47 Å². The summed E-state index contributed by atoms with van der Waals surface area (Å²) in [5.74, 6) is -1.36. The lowest BCUT2D eigenvalue weighted by atomic mass is 10.1. The summed E-state index contributed by atoms with van der Waals surface area (Å²) in [7, 11) is 0. The summed E-state index contributed by atoms with van der Waals surface area (Å²) < 4.78 is 23.6. The van der Waals surface area contributed by atoms with E-state index in [9.17, 15) is 19.1 Å². The number of nitrogens with one attached hydrogen (secondary N) is 1. The molecule has 26 heavy (non-hydrogen) atoms. The van der Waals surface area contributed by atoms with Crippen molar-refractivity contribution in [2.24, 2.45) is 0 Å². The van der Waals surface area contributed by atoms with Gasteiger partial charge < -0.3 is 19.9 Å². The number of benzene rings is 2. The van der Waals surface area contributed by atoms with E-state index in [-0.39, 0.29) is 18.9 Å². The molecule has 1 atom stereocenters. The molecular formula is C19H20FNO5. The Morgan fingerprint density at radius 2 is 1.85 bits per heavy atom. The van der Waals surface area contributed by atoms with Crippen LogP contribution >= 0.6 is 0 Å². The number of carbonyl (C=O) groups is 2. The Morgan fingerprint density at radius 3 is 2.50 bits per heavy atom. The lowest BCUT2D eigenvalue weighted by molar-refractivity contribution is -0.145. The Kier molecular flexibility index (Phi) is 6.96. The predicted molar refractivity (Wildman–Crippen MR) is 92.8 cm³/mol. The predicted octanol–water partition coefficient (Wildman–Crippen LogP) is 2.42. The summed E-state index contributed by atoms with van der Waals surface area (Å²) in [6.07, 6.45) is -0.531. The number of aryl methyl sites for hydroxylation is 1. The zero-order valence-corrected chi connectivity index (χ0v) is 14.3. The van der Waals surface area contributed by atoms with Crippen LogP contribution in [0.1, 0.15) is 12.5 Å². The van der Waals surface area contributed by atoms with Gasteiger partial charge in [0.1, 0.15) is 17.3 Å². The molecule has 0 bridgehead atoms. The molecule has 2 rings (SSSR count). The lowest BCUT2D eigenvalue weighted by Gasteiger charge is -2.16. The Bertz CT molecular complexity index is 748. The summed E-state index contributed by atoms with van der Waals surface area (Å²) >= 11 is 0. The molecule has 2 aromatic rings. The van der Waals surface area contributed by atoms with E-state index < -0.39 is 23.8 Å². The smallest absolute Gasteiger partial charge is 0.346 e. The minimum Gasteiger partial charge on any atom is -0.483 e. The number of hydrogen-bond acceptors (Lipinski definition) is 4. The Labute approximate surface area is 150 Å². The second-order valence-electron chi connectivity index (χ2n) is 5.45. The second-order valence-corrected chi connectivity index (χ2v) is 5.45. The summed E-state index contributed by atoms with van der Waals surface area (Å²) in [5, 5.41) is 11.7. The van der Waals surface area contributed by atoms with Gasteiger partial charge in [0, 0.05) is 0 Å².